The third-order valence-electron chi connectivity index (χ3n) is 5.99. The predicted molar refractivity (Wildman–Crippen MR) is 127 cm³/mol. The van der Waals surface area contributed by atoms with E-state index in [2.05, 4.69) is 4.98 Å². The van der Waals surface area contributed by atoms with Crippen LogP contribution in [0.4, 0.5) is 10.3 Å². The minimum Gasteiger partial charge on any atom is -0.497 e. The van der Waals surface area contributed by atoms with Crippen molar-refractivity contribution in [3.05, 3.63) is 71.8 Å². The Morgan fingerprint density at radius 3 is 2.70 bits per heavy atom. The van der Waals surface area contributed by atoms with E-state index < -0.39 is 0 Å². The van der Waals surface area contributed by atoms with Crippen molar-refractivity contribution in [2.45, 2.75) is 31.7 Å². The lowest BCUT2D eigenvalue weighted by atomic mass is 9.93. The number of hydrogen-bond donors (Lipinski definition) is 0. The third-order valence-corrected chi connectivity index (χ3v) is 5.99. The SMILES string of the molecule is COc1cccc(CC(=O)N2CCCCC2c2nc(N(C)C)ncc2-c2ccc(F)cc2)c1. The highest BCUT2D eigenvalue weighted by atomic mass is 19.1. The third kappa shape index (κ3) is 5.13. The second kappa shape index (κ2) is 9.98. The highest BCUT2D eigenvalue weighted by Gasteiger charge is 2.31. The fourth-order valence-electron chi connectivity index (χ4n) is 4.28. The Kier molecular flexibility index (Phi) is 6.87. The van der Waals surface area contributed by atoms with Crippen LogP contribution in [0.2, 0.25) is 0 Å². The largest absolute Gasteiger partial charge is 0.497 e. The first-order valence-corrected chi connectivity index (χ1v) is 11.2. The van der Waals surface area contributed by atoms with E-state index in [4.69, 9.17) is 9.72 Å². The molecule has 1 aliphatic heterocycles. The molecule has 4 rings (SSSR count). The average molecular weight is 449 g/mol. The van der Waals surface area contributed by atoms with Crippen LogP contribution in [-0.2, 0) is 11.2 Å². The van der Waals surface area contributed by atoms with Crippen LogP contribution in [0.5, 0.6) is 5.75 Å². The Balaban J connectivity index is 1.70. The van der Waals surface area contributed by atoms with Crippen molar-refractivity contribution >= 4 is 11.9 Å². The van der Waals surface area contributed by atoms with Crippen molar-refractivity contribution in [2.75, 3.05) is 32.6 Å². The van der Waals surface area contributed by atoms with E-state index in [9.17, 15) is 9.18 Å². The monoisotopic (exact) mass is 448 g/mol. The number of likely N-dealkylation sites (tertiary alicyclic amines) is 1. The molecule has 6 nitrogen and oxygen atoms in total. The van der Waals surface area contributed by atoms with E-state index in [1.807, 2.05) is 48.2 Å². The molecule has 0 bridgehead atoms. The number of carbonyl (C=O) groups excluding carboxylic acids is 1. The maximum absolute atomic E-state index is 13.6. The van der Waals surface area contributed by atoms with Gasteiger partial charge in [0, 0.05) is 32.4 Å². The molecule has 1 fully saturated rings. The zero-order valence-corrected chi connectivity index (χ0v) is 19.3. The number of rotatable bonds is 6. The molecule has 33 heavy (non-hydrogen) atoms. The summed E-state index contributed by atoms with van der Waals surface area (Å²) in [4.78, 5) is 26.6. The summed E-state index contributed by atoms with van der Waals surface area (Å²) in [5.74, 6) is 1.09. The summed E-state index contributed by atoms with van der Waals surface area (Å²) in [5.41, 5.74) is 3.38. The summed E-state index contributed by atoms with van der Waals surface area (Å²) in [7, 11) is 5.41. The number of methoxy groups -OCH3 is 1. The summed E-state index contributed by atoms with van der Waals surface area (Å²) < 4.78 is 18.9. The Morgan fingerprint density at radius 1 is 1.18 bits per heavy atom. The summed E-state index contributed by atoms with van der Waals surface area (Å²) in [6.07, 6.45) is 4.87. The van der Waals surface area contributed by atoms with Crippen molar-refractivity contribution in [3.8, 4) is 16.9 Å². The molecule has 1 unspecified atom stereocenters. The molecule has 1 aromatic heterocycles. The van der Waals surface area contributed by atoms with E-state index in [0.29, 0.717) is 18.9 Å². The van der Waals surface area contributed by atoms with Crippen LogP contribution in [0, 0.1) is 5.82 Å². The molecule has 0 radical (unpaired) electrons. The van der Waals surface area contributed by atoms with Crippen molar-refractivity contribution in [2.24, 2.45) is 0 Å². The number of aromatic nitrogens is 2. The van der Waals surface area contributed by atoms with Crippen LogP contribution < -0.4 is 9.64 Å². The number of carbonyl (C=O) groups is 1. The van der Waals surface area contributed by atoms with Crippen LogP contribution in [0.25, 0.3) is 11.1 Å². The number of amides is 1. The molecule has 2 aromatic carbocycles. The topological polar surface area (TPSA) is 58.6 Å². The fraction of sp³-hybridized carbons (Fsp3) is 0.346. The number of piperidine rings is 1. The second-order valence-electron chi connectivity index (χ2n) is 8.50. The van der Waals surface area contributed by atoms with Gasteiger partial charge in [0.1, 0.15) is 11.6 Å². The first-order valence-electron chi connectivity index (χ1n) is 11.2. The van der Waals surface area contributed by atoms with Crippen molar-refractivity contribution in [1.29, 1.82) is 0 Å². The molecular weight excluding hydrogens is 419 g/mol. The summed E-state index contributed by atoms with van der Waals surface area (Å²) in [5, 5.41) is 0. The zero-order valence-electron chi connectivity index (χ0n) is 19.3. The van der Waals surface area contributed by atoms with E-state index >= 15 is 0 Å². The van der Waals surface area contributed by atoms with E-state index in [1.165, 1.54) is 12.1 Å². The fourth-order valence-corrected chi connectivity index (χ4v) is 4.28. The lowest BCUT2D eigenvalue weighted by molar-refractivity contribution is -0.134. The van der Waals surface area contributed by atoms with Crippen molar-refractivity contribution in [3.63, 3.8) is 0 Å². The minimum absolute atomic E-state index is 0.0584. The first kappa shape index (κ1) is 22.7. The molecule has 7 heteroatoms. The van der Waals surface area contributed by atoms with Crippen LogP contribution in [0.1, 0.15) is 36.6 Å². The summed E-state index contributed by atoms with van der Waals surface area (Å²) in [6.45, 7) is 0.678. The highest BCUT2D eigenvalue weighted by Crippen LogP contribution is 2.36. The number of hydrogen-bond acceptors (Lipinski definition) is 5. The van der Waals surface area contributed by atoms with Crippen molar-refractivity contribution < 1.29 is 13.9 Å². The van der Waals surface area contributed by atoms with Gasteiger partial charge in [-0.15, -0.1) is 0 Å². The van der Waals surface area contributed by atoms with Gasteiger partial charge in [0.2, 0.25) is 11.9 Å². The van der Waals surface area contributed by atoms with E-state index in [1.54, 1.807) is 25.4 Å². The van der Waals surface area contributed by atoms with Gasteiger partial charge in [0.25, 0.3) is 0 Å². The summed E-state index contributed by atoms with van der Waals surface area (Å²) >= 11 is 0. The number of nitrogens with zero attached hydrogens (tertiary/aromatic N) is 4. The van der Waals surface area contributed by atoms with Gasteiger partial charge in [-0.25, -0.2) is 14.4 Å². The Hall–Kier alpha value is -3.48. The van der Waals surface area contributed by atoms with Gasteiger partial charge in [-0.05, 0) is 54.7 Å². The normalized spacial score (nSPS) is 15.9. The van der Waals surface area contributed by atoms with Crippen LogP contribution in [-0.4, -0.2) is 48.5 Å². The smallest absolute Gasteiger partial charge is 0.227 e. The van der Waals surface area contributed by atoms with E-state index in [0.717, 1.165) is 47.4 Å². The van der Waals surface area contributed by atoms with Gasteiger partial charge < -0.3 is 14.5 Å². The van der Waals surface area contributed by atoms with Crippen molar-refractivity contribution in [1.82, 2.24) is 14.9 Å². The number of halogens is 1. The maximum atomic E-state index is 13.6. The molecule has 1 saturated heterocycles. The van der Waals surface area contributed by atoms with Crippen LogP contribution in [0.15, 0.2) is 54.7 Å². The quantitative estimate of drug-likeness (QED) is 0.549. The van der Waals surface area contributed by atoms with E-state index in [-0.39, 0.29) is 17.8 Å². The molecule has 172 valence electrons. The number of anilines is 1. The molecule has 1 atom stereocenters. The molecule has 0 aliphatic carbocycles. The molecule has 3 aromatic rings. The molecular formula is C26H29FN4O2. The second-order valence-corrected chi connectivity index (χ2v) is 8.50. The highest BCUT2D eigenvalue weighted by molar-refractivity contribution is 5.80. The Labute approximate surface area is 194 Å². The van der Waals surface area contributed by atoms with Gasteiger partial charge >= 0.3 is 0 Å². The molecule has 1 aliphatic rings. The maximum Gasteiger partial charge on any atom is 0.227 e. The van der Waals surface area contributed by atoms with Gasteiger partial charge in [-0.2, -0.15) is 0 Å². The first-order chi connectivity index (χ1) is 16.0. The van der Waals surface area contributed by atoms with Gasteiger partial charge in [-0.1, -0.05) is 24.3 Å². The molecule has 2 heterocycles. The average Bonchev–Trinajstić information content (AvgIpc) is 2.84. The Bertz CT molecular complexity index is 1120. The van der Waals surface area contributed by atoms with Gasteiger partial charge in [0.15, 0.2) is 0 Å². The minimum atomic E-state index is -0.293. The predicted octanol–water partition coefficient (Wildman–Crippen LogP) is 4.65. The number of ether oxygens (including phenoxy) is 1. The van der Waals surface area contributed by atoms with Gasteiger partial charge in [0.05, 0.1) is 25.3 Å². The lowest BCUT2D eigenvalue weighted by Gasteiger charge is -2.36. The lowest BCUT2D eigenvalue weighted by Crippen LogP contribution is -2.40. The number of benzene rings is 2. The summed E-state index contributed by atoms with van der Waals surface area (Å²) in [6, 6.07) is 13.8. The van der Waals surface area contributed by atoms with Gasteiger partial charge in [-0.3, -0.25) is 4.79 Å². The Morgan fingerprint density at radius 2 is 1.97 bits per heavy atom. The molecule has 0 spiro atoms. The standard InChI is InChI=1S/C26H29FN4O2/c1-30(2)26-28-17-22(19-10-12-20(27)13-11-19)25(29-26)23-9-4-5-14-31(23)24(32)16-18-7-6-8-21(15-18)33-3/h6-8,10-13,15,17,23H,4-5,9,14,16H2,1-3H3. The molecule has 0 saturated carbocycles. The van der Waals surface area contributed by atoms with Crippen LogP contribution >= 0.6 is 0 Å². The van der Waals surface area contributed by atoms with Crippen LogP contribution in [0.3, 0.4) is 0 Å². The zero-order chi connectivity index (χ0) is 23.4. The molecule has 1 amide bonds. The molecule has 0 N–H and O–H groups in total.